The van der Waals surface area contributed by atoms with Gasteiger partial charge in [0.25, 0.3) is 0 Å². The van der Waals surface area contributed by atoms with Crippen molar-refractivity contribution in [3.05, 3.63) is 17.0 Å². The molecule has 8 heteroatoms. The predicted octanol–water partition coefficient (Wildman–Crippen LogP) is 2.37. The van der Waals surface area contributed by atoms with Crippen LogP contribution in [0.3, 0.4) is 0 Å². The van der Waals surface area contributed by atoms with Gasteiger partial charge < -0.3 is 4.74 Å². The summed E-state index contributed by atoms with van der Waals surface area (Å²) in [5, 5.41) is 3.51. The van der Waals surface area contributed by atoms with Crippen molar-refractivity contribution in [2.24, 2.45) is 0 Å². The highest BCUT2D eigenvalue weighted by atomic mass is 19.4. The molecule has 1 aromatic rings. The summed E-state index contributed by atoms with van der Waals surface area (Å²) in [4.78, 5) is 23.1. The molecular weight excluding hydrogens is 289 g/mol. The topological polar surface area (TPSA) is 61.2 Å². The zero-order chi connectivity index (χ0) is 15.6. The number of aryl methyl sites for hydroxylation is 1. The largest absolute Gasteiger partial charge is 0.466 e. The fourth-order valence-corrected chi connectivity index (χ4v) is 2.40. The molecule has 5 nitrogen and oxygen atoms in total. The SMILES string of the molecule is CCOC(=O)CCn1nc(C(F)(F)F)c2c1CCCC2=O. The van der Waals surface area contributed by atoms with E-state index < -0.39 is 23.6 Å². The van der Waals surface area contributed by atoms with Crippen molar-refractivity contribution in [1.29, 1.82) is 0 Å². The van der Waals surface area contributed by atoms with Crippen molar-refractivity contribution >= 4 is 11.8 Å². The number of fused-ring (bicyclic) bond motifs is 1. The highest BCUT2D eigenvalue weighted by Gasteiger charge is 2.42. The number of carbonyl (C=O) groups excluding carboxylic acids is 2. The fraction of sp³-hybridized carbons (Fsp3) is 0.615. The van der Waals surface area contributed by atoms with Crippen LogP contribution in [0.1, 0.15) is 47.9 Å². The molecule has 0 radical (unpaired) electrons. The number of alkyl halides is 3. The summed E-state index contributed by atoms with van der Waals surface area (Å²) in [7, 11) is 0. The molecule has 0 N–H and O–H groups in total. The summed E-state index contributed by atoms with van der Waals surface area (Å²) < 4.78 is 44.7. The summed E-state index contributed by atoms with van der Waals surface area (Å²) in [5.41, 5.74) is -1.22. The van der Waals surface area contributed by atoms with E-state index in [0.717, 1.165) is 4.68 Å². The standard InChI is InChI=1S/C13H15F3N2O3/c1-2-21-10(20)6-7-18-8-4-3-5-9(19)11(8)12(17-18)13(14,15)16/h2-7H2,1H3. The Kier molecular flexibility index (Phi) is 4.34. The molecule has 2 rings (SSSR count). The summed E-state index contributed by atoms with van der Waals surface area (Å²) in [6, 6.07) is 0. The van der Waals surface area contributed by atoms with E-state index in [9.17, 15) is 22.8 Å². The molecule has 0 saturated carbocycles. The molecule has 1 aromatic heterocycles. The van der Waals surface area contributed by atoms with Gasteiger partial charge in [-0.3, -0.25) is 14.3 Å². The minimum absolute atomic E-state index is 0.0233. The lowest BCUT2D eigenvalue weighted by Gasteiger charge is -2.13. The number of ether oxygens (including phenoxy) is 1. The Bertz CT molecular complexity index is 564. The molecule has 0 fully saturated rings. The first-order chi connectivity index (χ1) is 9.84. The Morgan fingerprint density at radius 1 is 1.38 bits per heavy atom. The maximum atomic E-state index is 13.0. The number of Topliss-reactive ketones (excluding diaryl/α,β-unsaturated/α-hetero) is 1. The average Bonchev–Trinajstić information content (AvgIpc) is 2.77. The third-order valence-corrected chi connectivity index (χ3v) is 3.26. The van der Waals surface area contributed by atoms with Gasteiger partial charge in [0.2, 0.25) is 0 Å². The van der Waals surface area contributed by atoms with Gasteiger partial charge in [-0.2, -0.15) is 18.3 Å². The lowest BCUT2D eigenvalue weighted by molar-refractivity contribution is -0.143. The first kappa shape index (κ1) is 15.5. The Morgan fingerprint density at radius 3 is 2.71 bits per heavy atom. The molecule has 0 spiro atoms. The van der Waals surface area contributed by atoms with Crippen LogP contribution in [0.5, 0.6) is 0 Å². The molecule has 0 saturated heterocycles. The molecule has 1 heterocycles. The third-order valence-electron chi connectivity index (χ3n) is 3.26. The number of halogens is 3. The number of rotatable bonds is 4. The summed E-state index contributed by atoms with van der Waals surface area (Å²) in [6.07, 6.45) is -3.80. The second-order valence-electron chi connectivity index (χ2n) is 4.72. The van der Waals surface area contributed by atoms with E-state index in [0.29, 0.717) is 12.8 Å². The number of hydrogen-bond donors (Lipinski definition) is 0. The number of nitrogens with zero attached hydrogens (tertiary/aromatic N) is 2. The summed E-state index contributed by atoms with van der Waals surface area (Å²) >= 11 is 0. The number of aromatic nitrogens is 2. The molecule has 1 aliphatic carbocycles. The molecule has 21 heavy (non-hydrogen) atoms. The van der Waals surface area contributed by atoms with Gasteiger partial charge in [0.1, 0.15) is 0 Å². The molecule has 0 unspecified atom stereocenters. The van der Waals surface area contributed by atoms with Crippen molar-refractivity contribution in [3.8, 4) is 0 Å². The van der Waals surface area contributed by atoms with Crippen LogP contribution in [0, 0.1) is 0 Å². The van der Waals surface area contributed by atoms with Gasteiger partial charge in [-0.05, 0) is 19.8 Å². The van der Waals surface area contributed by atoms with Crippen molar-refractivity contribution in [2.45, 2.75) is 45.3 Å². The smallest absolute Gasteiger partial charge is 0.435 e. The Hall–Kier alpha value is -1.86. The minimum atomic E-state index is -4.67. The van der Waals surface area contributed by atoms with Crippen LogP contribution in [0.4, 0.5) is 13.2 Å². The van der Waals surface area contributed by atoms with E-state index in [1.165, 1.54) is 0 Å². The van der Waals surface area contributed by atoms with Crippen LogP contribution >= 0.6 is 0 Å². The van der Waals surface area contributed by atoms with E-state index >= 15 is 0 Å². The molecule has 0 atom stereocenters. The molecule has 0 aromatic carbocycles. The molecule has 1 aliphatic rings. The van der Waals surface area contributed by atoms with Crippen molar-refractivity contribution in [1.82, 2.24) is 9.78 Å². The maximum Gasteiger partial charge on any atom is 0.435 e. The third kappa shape index (κ3) is 3.25. The van der Waals surface area contributed by atoms with Gasteiger partial charge in [-0.15, -0.1) is 0 Å². The van der Waals surface area contributed by atoms with Gasteiger partial charge in [0.15, 0.2) is 11.5 Å². The fourth-order valence-electron chi connectivity index (χ4n) is 2.40. The van der Waals surface area contributed by atoms with Crippen molar-refractivity contribution in [3.63, 3.8) is 0 Å². The quantitative estimate of drug-likeness (QED) is 0.801. The van der Waals surface area contributed by atoms with Crippen LogP contribution in [-0.4, -0.2) is 28.1 Å². The van der Waals surface area contributed by atoms with Crippen LogP contribution in [-0.2, 0) is 28.7 Å². The summed E-state index contributed by atoms with van der Waals surface area (Å²) in [5.74, 6) is -1.04. The van der Waals surface area contributed by atoms with Gasteiger partial charge in [0, 0.05) is 12.1 Å². The lowest BCUT2D eigenvalue weighted by atomic mass is 9.94. The van der Waals surface area contributed by atoms with Gasteiger partial charge >= 0.3 is 12.1 Å². The maximum absolute atomic E-state index is 13.0. The van der Waals surface area contributed by atoms with E-state index in [1.54, 1.807) is 6.92 Å². The van der Waals surface area contributed by atoms with E-state index in [4.69, 9.17) is 4.74 Å². The van der Waals surface area contributed by atoms with Crippen LogP contribution in [0.2, 0.25) is 0 Å². The second kappa shape index (κ2) is 5.87. The zero-order valence-electron chi connectivity index (χ0n) is 11.5. The number of esters is 1. The van der Waals surface area contributed by atoms with E-state index in [-0.39, 0.29) is 37.3 Å². The van der Waals surface area contributed by atoms with E-state index in [2.05, 4.69) is 5.10 Å². The first-order valence-corrected chi connectivity index (χ1v) is 6.70. The highest BCUT2D eigenvalue weighted by Crippen LogP contribution is 2.35. The van der Waals surface area contributed by atoms with Crippen molar-refractivity contribution in [2.75, 3.05) is 6.61 Å². The van der Waals surface area contributed by atoms with Gasteiger partial charge in [-0.1, -0.05) is 0 Å². The Labute approximate surface area is 119 Å². The molecule has 0 amide bonds. The zero-order valence-corrected chi connectivity index (χ0v) is 11.5. The molecular formula is C13H15F3N2O3. The average molecular weight is 304 g/mol. The summed E-state index contributed by atoms with van der Waals surface area (Å²) in [6.45, 7) is 1.83. The molecule has 0 aliphatic heterocycles. The Morgan fingerprint density at radius 2 is 2.10 bits per heavy atom. The number of carbonyl (C=O) groups is 2. The molecule has 116 valence electrons. The van der Waals surface area contributed by atoms with Crippen LogP contribution < -0.4 is 0 Å². The van der Waals surface area contributed by atoms with Crippen LogP contribution in [0.25, 0.3) is 0 Å². The highest BCUT2D eigenvalue weighted by molar-refractivity contribution is 5.99. The lowest BCUT2D eigenvalue weighted by Crippen LogP contribution is -2.17. The number of hydrogen-bond acceptors (Lipinski definition) is 4. The minimum Gasteiger partial charge on any atom is -0.466 e. The molecule has 0 bridgehead atoms. The Balaban J connectivity index is 2.30. The monoisotopic (exact) mass is 304 g/mol. The normalized spacial score (nSPS) is 15.0. The second-order valence-corrected chi connectivity index (χ2v) is 4.72. The van der Waals surface area contributed by atoms with Crippen LogP contribution in [0.15, 0.2) is 0 Å². The number of ketones is 1. The van der Waals surface area contributed by atoms with Gasteiger partial charge in [-0.25, -0.2) is 0 Å². The first-order valence-electron chi connectivity index (χ1n) is 6.70. The van der Waals surface area contributed by atoms with Gasteiger partial charge in [0.05, 0.1) is 25.1 Å². The predicted molar refractivity (Wildman–Crippen MR) is 65.7 cm³/mol. The van der Waals surface area contributed by atoms with E-state index in [1.807, 2.05) is 0 Å². The van der Waals surface area contributed by atoms with Crippen molar-refractivity contribution < 1.29 is 27.5 Å².